The van der Waals surface area contributed by atoms with Gasteiger partial charge in [0.25, 0.3) is 5.91 Å². The van der Waals surface area contributed by atoms with Crippen molar-refractivity contribution in [2.75, 3.05) is 13.1 Å². The van der Waals surface area contributed by atoms with Gasteiger partial charge in [-0.25, -0.2) is 9.78 Å². The number of hydrogen-bond donors (Lipinski definition) is 1. The third kappa shape index (κ3) is 2.31. The van der Waals surface area contributed by atoms with Crippen LogP contribution in [-0.2, 0) is 4.74 Å². The molecule has 2 bridgehead atoms. The van der Waals surface area contributed by atoms with E-state index in [9.17, 15) is 9.59 Å². The van der Waals surface area contributed by atoms with Crippen LogP contribution < -0.4 is 0 Å². The summed E-state index contributed by atoms with van der Waals surface area (Å²) >= 11 is 0. The van der Waals surface area contributed by atoms with Crippen molar-refractivity contribution < 1.29 is 19.4 Å². The molecule has 2 saturated heterocycles. The Morgan fingerprint density at radius 1 is 1.26 bits per heavy atom. The number of hydrogen-bond acceptors (Lipinski definition) is 4. The van der Waals surface area contributed by atoms with E-state index >= 15 is 0 Å². The van der Waals surface area contributed by atoms with Crippen LogP contribution in [-0.4, -0.2) is 52.2 Å². The maximum atomic E-state index is 12.3. The molecule has 0 aromatic carbocycles. The number of carbonyl (C=O) groups excluding carboxylic acids is 1. The van der Waals surface area contributed by atoms with Gasteiger partial charge in [-0.3, -0.25) is 4.79 Å². The maximum Gasteiger partial charge on any atom is 0.354 e. The molecule has 100 valence electrons. The Kier molecular flexibility index (Phi) is 2.94. The molecule has 3 heterocycles. The molecule has 3 rings (SSSR count). The highest BCUT2D eigenvalue weighted by molar-refractivity contribution is 5.95. The molecule has 2 unspecified atom stereocenters. The van der Waals surface area contributed by atoms with Gasteiger partial charge in [-0.2, -0.15) is 0 Å². The fourth-order valence-electron chi connectivity index (χ4n) is 2.61. The van der Waals surface area contributed by atoms with Gasteiger partial charge in [0.1, 0.15) is 5.69 Å². The SMILES string of the molecule is O=C(O)c1ccc(C(=O)N2CC3CCC(C2)O3)cn1. The first-order chi connectivity index (χ1) is 9.13. The fraction of sp³-hybridized carbons (Fsp3) is 0.462. The topological polar surface area (TPSA) is 79.7 Å². The summed E-state index contributed by atoms with van der Waals surface area (Å²) < 4.78 is 5.68. The normalized spacial score (nSPS) is 25.4. The molecule has 0 spiro atoms. The monoisotopic (exact) mass is 262 g/mol. The van der Waals surface area contributed by atoms with Crippen LogP contribution in [0.3, 0.4) is 0 Å². The minimum absolute atomic E-state index is 0.0569. The average molecular weight is 262 g/mol. The molecule has 2 aliphatic rings. The van der Waals surface area contributed by atoms with Crippen LogP contribution in [0.15, 0.2) is 18.3 Å². The van der Waals surface area contributed by atoms with Crippen LogP contribution in [0.4, 0.5) is 0 Å². The third-order valence-electron chi connectivity index (χ3n) is 3.56. The van der Waals surface area contributed by atoms with Crippen molar-refractivity contribution in [2.24, 2.45) is 0 Å². The molecule has 1 N–H and O–H groups in total. The highest BCUT2D eigenvalue weighted by Crippen LogP contribution is 2.27. The third-order valence-corrected chi connectivity index (χ3v) is 3.56. The second kappa shape index (κ2) is 4.62. The Bertz CT molecular complexity index is 502. The van der Waals surface area contributed by atoms with Crippen molar-refractivity contribution in [3.05, 3.63) is 29.6 Å². The number of likely N-dealkylation sites (tertiary alicyclic amines) is 1. The summed E-state index contributed by atoms with van der Waals surface area (Å²) in [6.07, 6.45) is 3.63. The number of nitrogens with zero attached hydrogens (tertiary/aromatic N) is 2. The van der Waals surface area contributed by atoms with Gasteiger partial charge < -0.3 is 14.7 Å². The van der Waals surface area contributed by atoms with E-state index in [1.54, 1.807) is 4.90 Å². The molecule has 1 aromatic heterocycles. The number of pyridine rings is 1. The van der Waals surface area contributed by atoms with E-state index < -0.39 is 5.97 Å². The van der Waals surface area contributed by atoms with Gasteiger partial charge in [0.2, 0.25) is 0 Å². The Hall–Kier alpha value is -1.95. The molecule has 2 aliphatic heterocycles. The summed E-state index contributed by atoms with van der Waals surface area (Å²) in [5.41, 5.74) is 0.366. The predicted octanol–water partition coefficient (Wildman–Crippen LogP) is 0.783. The predicted molar refractivity (Wildman–Crippen MR) is 65.0 cm³/mol. The molecular weight excluding hydrogens is 248 g/mol. The zero-order chi connectivity index (χ0) is 13.4. The second-order valence-corrected chi connectivity index (χ2v) is 4.90. The van der Waals surface area contributed by atoms with Crippen LogP contribution >= 0.6 is 0 Å². The molecule has 6 nitrogen and oxygen atoms in total. The van der Waals surface area contributed by atoms with Crippen LogP contribution in [0.2, 0.25) is 0 Å². The van der Waals surface area contributed by atoms with Crippen molar-refractivity contribution in [1.29, 1.82) is 0 Å². The summed E-state index contributed by atoms with van der Waals surface area (Å²) in [5.74, 6) is -1.20. The number of morpholine rings is 1. The number of amides is 1. The fourth-order valence-corrected chi connectivity index (χ4v) is 2.61. The van der Waals surface area contributed by atoms with Crippen LogP contribution in [0.5, 0.6) is 0 Å². The Labute approximate surface area is 110 Å². The number of carboxylic acids is 1. The first-order valence-corrected chi connectivity index (χ1v) is 6.27. The summed E-state index contributed by atoms with van der Waals surface area (Å²) in [4.78, 5) is 28.5. The van der Waals surface area contributed by atoms with Crippen LogP contribution in [0.1, 0.15) is 33.7 Å². The van der Waals surface area contributed by atoms with Crippen molar-refractivity contribution in [3.63, 3.8) is 0 Å². The van der Waals surface area contributed by atoms with Gasteiger partial charge in [0, 0.05) is 19.3 Å². The lowest BCUT2D eigenvalue weighted by Gasteiger charge is -2.32. The van der Waals surface area contributed by atoms with Crippen LogP contribution in [0.25, 0.3) is 0 Å². The van der Waals surface area contributed by atoms with Gasteiger partial charge in [-0.05, 0) is 25.0 Å². The van der Waals surface area contributed by atoms with Crippen molar-refractivity contribution in [3.8, 4) is 0 Å². The lowest BCUT2D eigenvalue weighted by Crippen LogP contribution is -2.45. The standard InChI is InChI=1S/C13H14N2O4/c16-12(8-1-4-11(13(17)18)14-5-8)15-6-9-2-3-10(7-15)19-9/h1,4-5,9-10H,2-3,6-7H2,(H,17,18). The molecular formula is C13H14N2O4. The Morgan fingerprint density at radius 3 is 2.47 bits per heavy atom. The van der Waals surface area contributed by atoms with Gasteiger partial charge in [0.05, 0.1) is 17.8 Å². The number of carbonyl (C=O) groups is 2. The molecule has 0 radical (unpaired) electrons. The molecule has 0 saturated carbocycles. The zero-order valence-corrected chi connectivity index (χ0v) is 10.3. The molecule has 6 heteroatoms. The minimum atomic E-state index is -1.09. The molecule has 1 amide bonds. The number of aromatic carboxylic acids is 1. The van der Waals surface area contributed by atoms with E-state index in [1.807, 2.05) is 0 Å². The smallest absolute Gasteiger partial charge is 0.354 e. The lowest BCUT2D eigenvalue weighted by atomic mass is 10.2. The van der Waals surface area contributed by atoms with Crippen molar-refractivity contribution in [2.45, 2.75) is 25.0 Å². The number of aromatic nitrogens is 1. The molecule has 0 aliphatic carbocycles. The minimum Gasteiger partial charge on any atom is -0.477 e. The molecule has 1 aromatic rings. The van der Waals surface area contributed by atoms with Crippen molar-refractivity contribution in [1.82, 2.24) is 9.88 Å². The number of fused-ring (bicyclic) bond motifs is 2. The summed E-state index contributed by atoms with van der Waals surface area (Å²) in [5, 5.41) is 8.77. The average Bonchev–Trinajstić information content (AvgIpc) is 2.76. The van der Waals surface area contributed by atoms with E-state index in [1.165, 1.54) is 18.3 Å². The summed E-state index contributed by atoms with van der Waals surface area (Å²) in [6.45, 7) is 1.21. The van der Waals surface area contributed by atoms with E-state index in [4.69, 9.17) is 9.84 Å². The highest BCUT2D eigenvalue weighted by Gasteiger charge is 2.35. The zero-order valence-electron chi connectivity index (χ0n) is 10.3. The first kappa shape index (κ1) is 12.1. The van der Waals surface area contributed by atoms with Crippen LogP contribution in [0, 0.1) is 0 Å². The Balaban J connectivity index is 1.74. The molecule has 2 fully saturated rings. The quantitative estimate of drug-likeness (QED) is 0.852. The van der Waals surface area contributed by atoms with E-state index in [-0.39, 0.29) is 23.8 Å². The first-order valence-electron chi connectivity index (χ1n) is 6.27. The summed E-state index contributed by atoms with van der Waals surface area (Å²) in [7, 11) is 0. The van der Waals surface area contributed by atoms with E-state index in [2.05, 4.69) is 4.98 Å². The van der Waals surface area contributed by atoms with Gasteiger partial charge in [-0.1, -0.05) is 0 Å². The highest BCUT2D eigenvalue weighted by atomic mass is 16.5. The number of carboxylic acid groups (broad SMARTS) is 1. The van der Waals surface area contributed by atoms with Gasteiger partial charge >= 0.3 is 5.97 Å². The number of ether oxygens (including phenoxy) is 1. The summed E-state index contributed by atoms with van der Waals surface area (Å²) in [6, 6.07) is 2.86. The van der Waals surface area contributed by atoms with E-state index in [0.29, 0.717) is 18.7 Å². The van der Waals surface area contributed by atoms with Gasteiger partial charge in [-0.15, -0.1) is 0 Å². The second-order valence-electron chi connectivity index (χ2n) is 4.90. The number of rotatable bonds is 2. The van der Waals surface area contributed by atoms with Gasteiger partial charge in [0.15, 0.2) is 0 Å². The van der Waals surface area contributed by atoms with Crippen molar-refractivity contribution >= 4 is 11.9 Å². The Morgan fingerprint density at radius 2 is 1.95 bits per heavy atom. The lowest BCUT2D eigenvalue weighted by molar-refractivity contribution is -0.0303. The molecule has 19 heavy (non-hydrogen) atoms. The largest absolute Gasteiger partial charge is 0.477 e. The maximum absolute atomic E-state index is 12.3. The molecule has 2 atom stereocenters. The van der Waals surface area contributed by atoms with E-state index in [0.717, 1.165) is 12.8 Å².